The van der Waals surface area contributed by atoms with E-state index in [1.807, 2.05) is 0 Å². The van der Waals surface area contributed by atoms with Crippen LogP contribution in [0.2, 0.25) is 0 Å². The van der Waals surface area contributed by atoms with Crippen molar-refractivity contribution in [3.63, 3.8) is 0 Å². The molecule has 1 rings (SSSR count). The van der Waals surface area contributed by atoms with E-state index in [2.05, 4.69) is 4.98 Å². The zero-order valence-electron chi connectivity index (χ0n) is 8.10. The average Bonchev–Trinajstić information content (AvgIpc) is 2.48. The molecular weight excluding hydrogens is 231 g/mol. The van der Waals surface area contributed by atoms with Crippen molar-refractivity contribution in [1.82, 2.24) is 9.55 Å². The second-order valence-corrected chi connectivity index (χ2v) is 3.21. The molecule has 0 saturated heterocycles. The lowest BCUT2D eigenvalue weighted by Gasteiger charge is -2.25. The van der Waals surface area contributed by atoms with Crippen molar-refractivity contribution in [3.8, 4) is 0 Å². The first-order valence-electron chi connectivity index (χ1n) is 4.07. The van der Waals surface area contributed by atoms with Gasteiger partial charge in [-0.2, -0.15) is 13.2 Å². The largest absolute Gasteiger partial charge is 0.431 e. The van der Waals surface area contributed by atoms with Gasteiger partial charge < -0.3 is 9.67 Å². The lowest BCUT2D eigenvalue weighted by molar-refractivity contribution is -0.519. The summed E-state index contributed by atoms with van der Waals surface area (Å²) >= 11 is 0. The van der Waals surface area contributed by atoms with Crippen LogP contribution in [-0.2, 0) is 12.6 Å². The molecule has 0 saturated carbocycles. The lowest BCUT2D eigenvalue weighted by Crippen LogP contribution is -2.49. The van der Waals surface area contributed by atoms with Crippen molar-refractivity contribution in [2.75, 3.05) is 6.54 Å². The molecule has 0 bridgehead atoms. The Balaban J connectivity index is 3.26. The van der Waals surface area contributed by atoms with Crippen LogP contribution in [0.4, 0.5) is 13.2 Å². The number of hydrogen-bond acceptors (Lipinski definition) is 4. The number of nitrogens with zero attached hydrogens (tertiary/aromatic N) is 3. The van der Waals surface area contributed by atoms with E-state index in [1.54, 1.807) is 0 Å². The first kappa shape index (κ1) is 12.4. The van der Waals surface area contributed by atoms with Crippen LogP contribution >= 0.6 is 0 Å². The summed E-state index contributed by atoms with van der Waals surface area (Å²) < 4.78 is 38.7. The fraction of sp³-hybridized carbons (Fsp3) is 0.571. The van der Waals surface area contributed by atoms with E-state index < -0.39 is 29.1 Å². The fourth-order valence-corrected chi connectivity index (χ4v) is 1.24. The van der Waals surface area contributed by atoms with Gasteiger partial charge in [-0.25, -0.2) is 4.98 Å². The second-order valence-electron chi connectivity index (χ2n) is 3.21. The molecule has 0 fully saturated rings. The summed E-state index contributed by atoms with van der Waals surface area (Å²) in [7, 11) is 1.21. The van der Waals surface area contributed by atoms with Gasteiger partial charge >= 0.3 is 6.18 Å². The lowest BCUT2D eigenvalue weighted by atomic mass is 10.0. The third-order valence-electron chi connectivity index (χ3n) is 2.02. The minimum atomic E-state index is -5.17. The molecule has 0 spiro atoms. The number of rotatable bonds is 3. The maximum atomic E-state index is 12.6. The van der Waals surface area contributed by atoms with E-state index in [9.17, 15) is 28.4 Å². The van der Waals surface area contributed by atoms with E-state index in [4.69, 9.17) is 0 Å². The summed E-state index contributed by atoms with van der Waals surface area (Å²) in [6, 6.07) is 0. The molecule has 1 N–H and O–H groups in total. The number of aliphatic hydroxyl groups is 1. The Morgan fingerprint density at radius 1 is 1.62 bits per heavy atom. The molecule has 1 atom stereocenters. The highest BCUT2D eigenvalue weighted by atomic mass is 19.4. The summed E-state index contributed by atoms with van der Waals surface area (Å²) in [5.41, 5.74) is -3.57. The summed E-state index contributed by atoms with van der Waals surface area (Å²) in [6.45, 7) is -1.68. The molecule has 0 amide bonds. The highest BCUT2D eigenvalue weighted by molar-refractivity contribution is 5.08. The Kier molecular flexibility index (Phi) is 2.91. The van der Waals surface area contributed by atoms with Gasteiger partial charge in [-0.05, 0) is 0 Å². The van der Waals surface area contributed by atoms with Crippen LogP contribution in [0.15, 0.2) is 12.4 Å². The number of alkyl halides is 3. The first-order chi connectivity index (χ1) is 7.18. The smallest absolute Gasteiger partial charge is 0.369 e. The van der Waals surface area contributed by atoms with Gasteiger partial charge in [-0.3, -0.25) is 10.1 Å². The molecule has 0 aliphatic rings. The Hall–Kier alpha value is -1.64. The van der Waals surface area contributed by atoms with Crippen LogP contribution in [0.3, 0.4) is 0 Å². The molecule has 0 radical (unpaired) electrons. The van der Waals surface area contributed by atoms with Gasteiger partial charge in [0.1, 0.15) is 0 Å². The molecule has 0 aliphatic carbocycles. The Morgan fingerprint density at radius 3 is 2.50 bits per heavy atom. The number of nitro groups is 1. The van der Waals surface area contributed by atoms with E-state index in [0.29, 0.717) is 0 Å². The average molecular weight is 239 g/mol. The summed E-state index contributed by atoms with van der Waals surface area (Å²) in [4.78, 5) is 12.2. The van der Waals surface area contributed by atoms with Crippen molar-refractivity contribution >= 4 is 0 Å². The number of hydrogen-bond donors (Lipinski definition) is 1. The van der Waals surface area contributed by atoms with Gasteiger partial charge in [0.25, 0.3) is 5.60 Å². The zero-order valence-corrected chi connectivity index (χ0v) is 8.10. The molecule has 90 valence electrons. The predicted octanol–water partition coefficient (Wildman–Crippen LogP) is 0.447. The van der Waals surface area contributed by atoms with Crippen molar-refractivity contribution in [3.05, 3.63) is 28.3 Å². The molecule has 16 heavy (non-hydrogen) atoms. The van der Waals surface area contributed by atoms with Gasteiger partial charge in [0.05, 0.1) is 0 Å². The van der Waals surface area contributed by atoms with Crippen LogP contribution in [0.1, 0.15) is 5.82 Å². The third kappa shape index (κ3) is 1.98. The van der Waals surface area contributed by atoms with Crippen molar-refractivity contribution < 1.29 is 23.2 Å². The maximum Gasteiger partial charge on any atom is 0.431 e. The Labute approximate surface area is 87.5 Å². The summed E-state index contributed by atoms with van der Waals surface area (Å²) in [6.07, 6.45) is -2.99. The van der Waals surface area contributed by atoms with Crippen LogP contribution < -0.4 is 0 Å². The standard InChI is InChI=1S/C7H8F3N3O3/c1-12-3-2-11-5(12)6(14,4-13(15)16)7(8,9)10/h2-3,14H,4H2,1H3/t6-/m1/s1. The molecule has 1 aromatic rings. The first-order valence-corrected chi connectivity index (χ1v) is 4.07. The maximum absolute atomic E-state index is 12.6. The molecule has 6 nitrogen and oxygen atoms in total. The molecule has 0 unspecified atom stereocenters. The van der Waals surface area contributed by atoms with E-state index in [-0.39, 0.29) is 0 Å². The van der Waals surface area contributed by atoms with Gasteiger partial charge in [0.2, 0.25) is 6.54 Å². The third-order valence-corrected chi connectivity index (χ3v) is 2.02. The van der Waals surface area contributed by atoms with Crippen LogP contribution in [-0.4, -0.2) is 32.3 Å². The topological polar surface area (TPSA) is 81.2 Å². The van der Waals surface area contributed by atoms with Gasteiger partial charge in [0.15, 0.2) is 5.82 Å². The monoisotopic (exact) mass is 239 g/mol. The number of aryl methyl sites for hydroxylation is 1. The van der Waals surface area contributed by atoms with E-state index in [0.717, 1.165) is 17.0 Å². The molecule has 1 heterocycles. The predicted molar refractivity (Wildman–Crippen MR) is 45.0 cm³/mol. The number of halogens is 3. The fourth-order valence-electron chi connectivity index (χ4n) is 1.24. The molecular formula is C7H8F3N3O3. The molecule has 0 aromatic carbocycles. The minimum absolute atomic E-state index is 0.809. The summed E-state index contributed by atoms with van der Waals surface area (Å²) in [5.74, 6) is -0.809. The summed E-state index contributed by atoms with van der Waals surface area (Å²) in [5, 5.41) is 19.6. The zero-order chi connectivity index (χ0) is 12.6. The van der Waals surface area contributed by atoms with Crippen molar-refractivity contribution in [1.29, 1.82) is 0 Å². The number of imidazole rings is 1. The highest BCUT2D eigenvalue weighted by Crippen LogP contribution is 2.37. The van der Waals surface area contributed by atoms with E-state index in [1.165, 1.54) is 7.05 Å². The van der Waals surface area contributed by atoms with Crippen LogP contribution in [0.5, 0.6) is 0 Å². The molecule has 1 aromatic heterocycles. The second kappa shape index (κ2) is 3.74. The SMILES string of the molecule is Cn1ccnc1[C@](O)(C[N+](=O)[O-])C(F)(F)F. The van der Waals surface area contributed by atoms with Crippen LogP contribution in [0, 0.1) is 10.1 Å². The number of aromatic nitrogens is 2. The molecule has 0 aliphatic heterocycles. The van der Waals surface area contributed by atoms with E-state index >= 15 is 0 Å². The van der Waals surface area contributed by atoms with Gasteiger partial charge in [0, 0.05) is 24.4 Å². The highest BCUT2D eigenvalue weighted by Gasteiger charge is 2.61. The Morgan fingerprint density at radius 2 is 2.19 bits per heavy atom. The Bertz CT molecular complexity index is 403. The molecule has 9 heteroatoms. The normalized spacial score (nSPS) is 15.8. The van der Waals surface area contributed by atoms with Crippen molar-refractivity contribution in [2.45, 2.75) is 11.8 Å². The van der Waals surface area contributed by atoms with Crippen molar-refractivity contribution in [2.24, 2.45) is 7.05 Å². The van der Waals surface area contributed by atoms with Gasteiger partial charge in [-0.1, -0.05) is 0 Å². The van der Waals surface area contributed by atoms with Gasteiger partial charge in [-0.15, -0.1) is 0 Å². The van der Waals surface area contributed by atoms with Crippen LogP contribution in [0.25, 0.3) is 0 Å². The minimum Gasteiger partial charge on any atom is -0.369 e. The quantitative estimate of drug-likeness (QED) is 0.613.